The van der Waals surface area contributed by atoms with E-state index < -0.39 is 0 Å². The molecule has 3 fully saturated rings. The van der Waals surface area contributed by atoms with Gasteiger partial charge in [0.25, 0.3) is 0 Å². The van der Waals surface area contributed by atoms with E-state index in [4.69, 9.17) is 0 Å². The van der Waals surface area contributed by atoms with Crippen molar-refractivity contribution >= 4 is 0 Å². The van der Waals surface area contributed by atoms with Crippen molar-refractivity contribution in [2.24, 2.45) is 28.1 Å². The molecule has 0 aromatic carbocycles. The molecule has 0 heterocycles. The van der Waals surface area contributed by atoms with Crippen LogP contribution in [0.15, 0.2) is 0 Å². The Morgan fingerprint density at radius 2 is 1.81 bits per heavy atom. The van der Waals surface area contributed by atoms with Gasteiger partial charge in [0.1, 0.15) is 0 Å². The van der Waals surface area contributed by atoms with Gasteiger partial charge in [-0.15, -0.1) is 0 Å². The zero-order valence-corrected chi connectivity index (χ0v) is 11.2. The van der Waals surface area contributed by atoms with Crippen LogP contribution in [0.25, 0.3) is 0 Å². The first-order chi connectivity index (χ1) is 7.31. The largest absolute Gasteiger partial charge is 0.392 e. The molecule has 1 N–H and O–H groups in total. The fourth-order valence-electron chi connectivity index (χ4n) is 5.29. The minimum atomic E-state index is -0.0333. The summed E-state index contributed by atoms with van der Waals surface area (Å²) in [6.45, 7) is 9.51. The van der Waals surface area contributed by atoms with Gasteiger partial charge in [-0.05, 0) is 54.8 Å². The Morgan fingerprint density at radius 3 is 2.50 bits per heavy atom. The lowest BCUT2D eigenvalue weighted by Crippen LogP contribution is -2.48. The lowest BCUT2D eigenvalue weighted by atomic mass is 9.55. The van der Waals surface area contributed by atoms with Crippen molar-refractivity contribution in [2.75, 3.05) is 0 Å². The molecule has 5 atom stereocenters. The summed E-state index contributed by atoms with van der Waals surface area (Å²) in [5.41, 5.74) is 1.16. The van der Waals surface area contributed by atoms with E-state index in [9.17, 15) is 5.11 Å². The minimum Gasteiger partial charge on any atom is -0.392 e. The molecule has 92 valence electrons. The first-order valence-corrected chi connectivity index (χ1v) is 6.99. The fourth-order valence-corrected chi connectivity index (χ4v) is 5.29. The predicted octanol–water partition coefficient (Wildman–Crippen LogP) is 3.61. The van der Waals surface area contributed by atoms with Crippen LogP contribution in [0.1, 0.15) is 59.8 Å². The first kappa shape index (κ1) is 11.1. The van der Waals surface area contributed by atoms with Crippen LogP contribution in [0.4, 0.5) is 0 Å². The number of rotatable bonds is 0. The van der Waals surface area contributed by atoms with Gasteiger partial charge in [0, 0.05) is 5.41 Å². The molecule has 0 saturated heterocycles. The van der Waals surface area contributed by atoms with Crippen molar-refractivity contribution in [1.82, 2.24) is 0 Å². The van der Waals surface area contributed by atoms with Crippen LogP contribution in [0.2, 0.25) is 0 Å². The summed E-state index contributed by atoms with van der Waals surface area (Å²) < 4.78 is 0. The van der Waals surface area contributed by atoms with E-state index in [0.29, 0.717) is 16.2 Å². The molecule has 0 aromatic heterocycles. The van der Waals surface area contributed by atoms with Crippen LogP contribution in [0.5, 0.6) is 0 Å². The van der Waals surface area contributed by atoms with Crippen molar-refractivity contribution in [3.05, 3.63) is 0 Å². The monoisotopic (exact) mass is 222 g/mol. The van der Waals surface area contributed by atoms with Gasteiger partial charge in [-0.25, -0.2) is 0 Å². The Balaban J connectivity index is 1.97. The van der Waals surface area contributed by atoms with Gasteiger partial charge in [-0.3, -0.25) is 0 Å². The zero-order chi connectivity index (χ0) is 11.8. The highest BCUT2D eigenvalue weighted by atomic mass is 16.3. The van der Waals surface area contributed by atoms with E-state index in [1.807, 2.05) is 0 Å². The van der Waals surface area contributed by atoms with Gasteiger partial charge >= 0.3 is 0 Å². The van der Waals surface area contributed by atoms with Crippen LogP contribution in [-0.4, -0.2) is 11.2 Å². The highest BCUT2D eigenvalue weighted by Crippen LogP contribution is 2.79. The molecule has 0 aliphatic heterocycles. The summed E-state index contributed by atoms with van der Waals surface area (Å²) in [5.74, 6) is 1.61. The summed E-state index contributed by atoms with van der Waals surface area (Å²) in [5, 5.41) is 10.6. The normalized spacial score (nSPS) is 58.7. The zero-order valence-electron chi connectivity index (χ0n) is 11.2. The maximum absolute atomic E-state index is 10.6. The molecule has 0 amide bonds. The van der Waals surface area contributed by atoms with E-state index in [-0.39, 0.29) is 6.10 Å². The number of hydrogen-bond donors (Lipinski definition) is 1. The molecule has 0 unspecified atom stereocenters. The van der Waals surface area contributed by atoms with Gasteiger partial charge < -0.3 is 5.11 Å². The van der Waals surface area contributed by atoms with Gasteiger partial charge in [-0.2, -0.15) is 0 Å². The second-order valence-corrected chi connectivity index (χ2v) is 7.99. The maximum Gasteiger partial charge on any atom is 0.0609 e. The molecule has 1 nitrogen and oxygen atoms in total. The second-order valence-electron chi connectivity index (χ2n) is 7.99. The van der Waals surface area contributed by atoms with Crippen molar-refractivity contribution in [1.29, 1.82) is 0 Å². The highest BCUT2D eigenvalue weighted by Gasteiger charge is 2.74. The summed E-state index contributed by atoms with van der Waals surface area (Å²) in [6.07, 6.45) is 6.35. The first-order valence-electron chi connectivity index (χ1n) is 6.99. The fraction of sp³-hybridized carbons (Fsp3) is 1.00. The average Bonchev–Trinajstić information content (AvgIpc) is 2.77. The standard InChI is InChI=1S/C15H26O/c1-10-5-6-14(4)9-15(14)11(10)7-13(2,3)8-12(15)16/h10-12,16H,5-9H2,1-4H3/t10-,11-,12-,14-,15-/m0/s1. The summed E-state index contributed by atoms with van der Waals surface area (Å²) in [7, 11) is 0. The molecule has 0 aromatic rings. The average molecular weight is 222 g/mol. The topological polar surface area (TPSA) is 20.2 Å². The van der Waals surface area contributed by atoms with Crippen molar-refractivity contribution in [3.63, 3.8) is 0 Å². The molecule has 1 spiro atoms. The van der Waals surface area contributed by atoms with Crippen LogP contribution >= 0.6 is 0 Å². The number of aliphatic hydroxyl groups is 1. The van der Waals surface area contributed by atoms with Gasteiger partial charge in [-0.1, -0.05) is 27.7 Å². The SMILES string of the molecule is C[C@H]1CC[C@@]2(C)C[C@]23[C@@H](O)CC(C)(C)C[C@@H]13. The third kappa shape index (κ3) is 1.16. The van der Waals surface area contributed by atoms with Gasteiger partial charge in [0.05, 0.1) is 6.10 Å². The van der Waals surface area contributed by atoms with Crippen LogP contribution in [0.3, 0.4) is 0 Å². The Morgan fingerprint density at radius 1 is 1.12 bits per heavy atom. The van der Waals surface area contributed by atoms with Crippen molar-refractivity contribution < 1.29 is 5.11 Å². The summed E-state index contributed by atoms with van der Waals surface area (Å²) in [4.78, 5) is 0. The Hall–Kier alpha value is -0.0400. The molecule has 3 aliphatic carbocycles. The van der Waals surface area contributed by atoms with Crippen molar-refractivity contribution in [2.45, 2.75) is 65.9 Å². The third-order valence-corrected chi connectivity index (χ3v) is 6.29. The van der Waals surface area contributed by atoms with Crippen LogP contribution < -0.4 is 0 Å². The molecule has 3 saturated carbocycles. The van der Waals surface area contributed by atoms with E-state index in [1.165, 1.54) is 25.7 Å². The van der Waals surface area contributed by atoms with E-state index >= 15 is 0 Å². The lowest BCUT2D eigenvalue weighted by molar-refractivity contribution is -0.0908. The Kier molecular flexibility index (Phi) is 1.98. The molecule has 0 radical (unpaired) electrons. The van der Waals surface area contributed by atoms with Crippen LogP contribution in [0, 0.1) is 28.1 Å². The highest BCUT2D eigenvalue weighted by molar-refractivity contribution is 5.23. The lowest BCUT2D eigenvalue weighted by Gasteiger charge is -2.51. The molecular formula is C15H26O. The van der Waals surface area contributed by atoms with Crippen LogP contribution in [-0.2, 0) is 0 Å². The molecule has 1 heteroatoms. The maximum atomic E-state index is 10.6. The van der Waals surface area contributed by atoms with Gasteiger partial charge in [0.15, 0.2) is 0 Å². The van der Waals surface area contributed by atoms with E-state index in [1.54, 1.807) is 0 Å². The molecular weight excluding hydrogens is 196 g/mol. The molecule has 0 bridgehead atoms. The number of aliphatic hydroxyl groups excluding tert-OH is 1. The van der Waals surface area contributed by atoms with Crippen molar-refractivity contribution in [3.8, 4) is 0 Å². The summed E-state index contributed by atoms with van der Waals surface area (Å²) in [6, 6.07) is 0. The Labute approximate surface area is 99.6 Å². The molecule has 16 heavy (non-hydrogen) atoms. The Bertz CT molecular complexity index is 321. The molecule has 3 rings (SSSR count). The quantitative estimate of drug-likeness (QED) is 0.664. The third-order valence-electron chi connectivity index (χ3n) is 6.29. The smallest absolute Gasteiger partial charge is 0.0609 e. The van der Waals surface area contributed by atoms with E-state index in [2.05, 4.69) is 27.7 Å². The minimum absolute atomic E-state index is 0.0333. The predicted molar refractivity (Wildman–Crippen MR) is 66.1 cm³/mol. The number of hydrogen-bond acceptors (Lipinski definition) is 1. The van der Waals surface area contributed by atoms with Gasteiger partial charge in [0.2, 0.25) is 0 Å². The summed E-state index contributed by atoms with van der Waals surface area (Å²) >= 11 is 0. The second kappa shape index (κ2) is 2.85. The molecule has 3 aliphatic rings. The van der Waals surface area contributed by atoms with E-state index in [0.717, 1.165) is 18.3 Å².